The van der Waals surface area contributed by atoms with E-state index in [-0.39, 0.29) is 17.6 Å². The third kappa shape index (κ3) is 1.58. The van der Waals surface area contributed by atoms with Gasteiger partial charge in [-0.3, -0.25) is 4.79 Å². The summed E-state index contributed by atoms with van der Waals surface area (Å²) in [7, 11) is 0. The topological polar surface area (TPSA) is 30.7 Å². The number of nitrogens with zero attached hydrogens (tertiary/aromatic N) is 1. The highest BCUT2D eigenvalue weighted by molar-refractivity contribution is 5.66. The zero-order chi connectivity index (χ0) is 12.9. The zero-order valence-corrected chi connectivity index (χ0v) is 11.2. The molecule has 3 saturated carbocycles. The Hall–Kier alpha value is -1.04. The van der Waals surface area contributed by atoms with Gasteiger partial charge in [0.05, 0.1) is 0 Å². The number of hydrogen-bond donors (Lipinski definition) is 0. The van der Waals surface area contributed by atoms with Gasteiger partial charge in [-0.05, 0) is 43.4 Å². The number of rotatable bonds is 2. The molecule has 0 aromatic carbocycles. The molecule has 6 atom stereocenters. The van der Waals surface area contributed by atoms with E-state index in [0.29, 0.717) is 17.8 Å². The van der Waals surface area contributed by atoms with Gasteiger partial charge in [-0.15, -0.1) is 0 Å². The van der Waals surface area contributed by atoms with Gasteiger partial charge >= 0.3 is 5.97 Å². The molecule has 3 aliphatic carbocycles. The van der Waals surface area contributed by atoms with Crippen LogP contribution in [-0.2, 0) is 9.53 Å². The Labute approximate surface area is 109 Å². The molecule has 0 radical (unpaired) electrons. The van der Waals surface area contributed by atoms with E-state index >= 15 is 0 Å². The maximum absolute atomic E-state index is 11.3. The summed E-state index contributed by atoms with van der Waals surface area (Å²) in [6, 6.07) is 0.251. The lowest BCUT2D eigenvalue weighted by atomic mass is 9.79. The molecule has 3 nitrogen and oxygen atoms in total. The van der Waals surface area contributed by atoms with Crippen LogP contribution < -0.4 is 0 Å². The molecule has 0 heterocycles. The van der Waals surface area contributed by atoms with Crippen molar-refractivity contribution in [3.8, 4) is 0 Å². The van der Waals surface area contributed by atoms with Crippen molar-refractivity contribution in [1.29, 1.82) is 0 Å². The highest BCUT2D eigenvalue weighted by atomic mass is 16.6. The van der Waals surface area contributed by atoms with Crippen molar-refractivity contribution in [1.82, 2.24) is 0 Å². The largest absolute Gasteiger partial charge is 0.459 e. The van der Waals surface area contributed by atoms with Crippen LogP contribution in [0.2, 0.25) is 0 Å². The number of carbonyl (C=O) groups is 1. The van der Waals surface area contributed by atoms with E-state index in [1.165, 1.54) is 13.3 Å². The van der Waals surface area contributed by atoms with Gasteiger partial charge < -0.3 is 9.58 Å². The SMILES string of the molecule is [C-]#[N+]C1CC2CC1C1CC(CC)(OC(C)=O)CC21. The van der Waals surface area contributed by atoms with Gasteiger partial charge in [-0.1, -0.05) is 6.92 Å². The highest BCUT2D eigenvalue weighted by Gasteiger charge is 2.62. The normalized spacial score (nSPS) is 48.8. The Kier molecular flexibility index (Phi) is 2.66. The van der Waals surface area contributed by atoms with Gasteiger partial charge in [-0.25, -0.2) is 6.57 Å². The van der Waals surface area contributed by atoms with Gasteiger partial charge in [0.1, 0.15) is 5.60 Å². The summed E-state index contributed by atoms with van der Waals surface area (Å²) in [5.41, 5.74) is -0.213. The van der Waals surface area contributed by atoms with Crippen LogP contribution in [-0.4, -0.2) is 17.6 Å². The second-order valence-corrected chi connectivity index (χ2v) is 6.46. The summed E-state index contributed by atoms with van der Waals surface area (Å²) in [4.78, 5) is 15.1. The minimum atomic E-state index is -0.213. The van der Waals surface area contributed by atoms with Crippen LogP contribution >= 0.6 is 0 Å². The minimum absolute atomic E-state index is 0.147. The Morgan fingerprint density at radius 3 is 2.67 bits per heavy atom. The Balaban J connectivity index is 1.80. The molecule has 3 rings (SSSR count). The standard InChI is InChI=1S/C15H21NO2/c1-4-15(18-9(2)17)7-12-10-5-11(13(12)8-15)14(6-10)16-3/h10-14H,4-8H2,1-2H3. The van der Waals surface area contributed by atoms with Gasteiger partial charge in [0.25, 0.3) is 0 Å². The molecule has 0 N–H and O–H groups in total. The Bertz CT molecular complexity index is 413. The van der Waals surface area contributed by atoms with E-state index in [1.807, 2.05) is 0 Å². The molecule has 3 heteroatoms. The number of hydrogen-bond acceptors (Lipinski definition) is 2. The average Bonchev–Trinajstić information content (AvgIpc) is 2.96. The molecular weight excluding hydrogens is 226 g/mol. The van der Waals surface area contributed by atoms with Crippen LogP contribution in [0.15, 0.2) is 0 Å². The second-order valence-electron chi connectivity index (χ2n) is 6.46. The first-order valence-corrected chi connectivity index (χ1v) is 7.14. The highest BCUT2D eigenvalue weighted by Crippen LogP contribution is 2.62. The van der Waals surface area contributed by atoms with Crippen molar-refractivity contribution < 1.29 is 9.53 Å². The van der Waals surface area contributed by atoms with Crippen molar-refractivity contribution >= 4 is 5.97 Å². The second kappa shape index (κ2) is 3.98. The first-order chi connectivity index (χ1) is 8.58. The molecule has 3 fully saturated rings. The number of ether oxygens (including phenoxy) is 1. The van der Waals surface area contributed by atoms with Crippen molar-refractivity contribution in [2.75, 3.05) is 0 Å². The van der Waals surface area contributed by atoms with Crippen LogP contribution in [0.3, 0.4) is 0 Å². The summed E-state index contributed by atoms with van der Waals surface area (Å²) in [5, 5.41) is 0. The van der Waals surface area contributed by atoms with E-state index < -0.39 is 0 Å². The number of carbonyl (C=O) groups excluding carboxylic acids is 1. The van der Waals surface area contributed by atoms with Crippen molar-refractivity contribution in [2.45, 2.75) is 57.6 Å². The van der Waals surface area contributed by atoms with E-state index in [4.69, 9.17) is 11.3 Å². The lowest BCUT2D eigenvalue weighted by molar-refractivity contribution is -0.157. The van der Waals surface area contributed by atoms with E-state index in [9.17, 15) is 4.79 Å². The fourth-order valence-corrected chi connectivity index (χ4v) is 5.03. The molecule has 2 bridgehead atoms. The molecule has 98 valence electrons. The van der Waals surface area contributed by atoms with Crippen LogP contribution in [0.5, 0.6) is 0 Å². The maximum atomic E-state index is 11.3. The summed E-state index contributed by atoms with van der Waals surface area (Å²) in [6.45, 7) is 10.9. The third-order valence-electron chi connectivity index (χ3n) is 5.70. The fourth-order valence-electron chi connectivity index (χ4n) is 5.03. The lowest BCUT2D eigenvalue weighted by Gasteiger charge is -2.28. The van der Waals surface area contributed by atoms with Gasteiger partial charge in [0.2, 0.25) is 6.04 Å². The van der Waals surface area contributed by atoms with Crippen molar-refractivity contribution in [3.63, 3.8) is 0 Å². The Morgan fingerprint density at radius 1 is 1.33 bits per heavy atom. The molecular formula is C15H21NO2. The predicted molar refractivity (Wildman–Crippen MR) is 67.6 cm³/mol. The average molecular weight is 247 g/mol. The molecule has 18 heavy (non-hydrogen) atoms. The molecule has 0 aromatic rings. The van der Waals surface area contributed by atoms with Crippen molar-refractivity contribution in [3.05, 3.63) is 11.4 Å². The van der Waals surface area contributed by atoms with Gasteiger partial charge in [0.15, 0.2) is 0 Å². The molecule has 6 unspecified atom stereocenters. The Morgan fingerprint density at radius 2 is 2.06 bits per heavy atom. The molecule has 0 aromatic heterocycles. The smallest absolute Gasteiger partial charge is 0.303 e. The third-order valence-corrected chi connectivity index (χ3v) is 5.70. The summed E-state index contributed by atoms with van der Waals surface area (Å²) < 4.78 is 5.66. The monoisotopic (exact) mass is 247 g/mol. The van der Waals surface area contributed by atoms with E-state index in [0.717, 1.165) is 31.6 Å². The number of esters is 1. The first-order valence-electron chi connectivity index (χ1n) is 7.14. The number of fused-ring (bicyclic) bond motifs is 5. The molecule has 0 aliphatic heterocycles. The zero-order valence-electron chi connectivity index (χ0n) is 11.2. The summed E-state index contributed by atoms with van der Waals surface area (Å²) in [5.74, 6) is 2.52. The van der Waals surface area contributed by atoms with Crippen LogP contribution in [0.1, 0.15) is 46.0 Å². The molecule has 0 spiro atoms. The maximum Gasteiger partial charge on any atom is 0.303 e. The fraction of sp³-hybridized carbons (Fsp3) is 0.867. The van der Waals surface area contributed by atoms with Crippen LogP contribution in [0.25, 0.3) is 4.85 Å². The van der Waals surface area contributed by atoms with Gasteiger partial charge in [0, 0.05) is 19.3 Å². The summed E-state index contributed by atoms with van der Waals surface area (Å²) >= 11 is 0. The molecule has 0 saturated heterocycles. The molecule has 3 aliphatic rings. The first kappa shape index (κ1) is 12.0. The van der Waals surface area contributed by atoms with Crippen LogP contribution in [0.4, 0.5) is 0 Å². The lowest BCUT2D eigenvalue weighted by Crippen LogP contribution is -2.32. The summed E-state index contributed by atoms with van der Waals surface area (Å²) in [6.07, 6.45) is 5.31. The van der Waals surface area contributed by atoms with Crippen LogP contribution in [0, 0.1) is 30.2 Å². The molecule has 0 amide bonds. The predicted octanol–water partition coefficient (Wildman–Crippen LogP) is 3.05. The van der Waals surface area contributed by atoms with E-state index in [2.05, 4.69) is 11.8 Å². The van der Waals surface area contributed by atoms with Gasteiger partial charge in [-0.2, -0.15) is 0 Å². The minimum Gasteiger partial charge on any atom is -0.459 e. The van der Waals surface area contributed by atoms with Crippen molar-refractivity contribution in [2.24, 2.45) is 23.7 Å². The quantitative estimate of drug-likeness (QED) is 0.554. The van der Waals surface area contributed by atoms with E-state index in [1.54, 1.807) is 0 Å².